The minimum Gasteiger partial charge on any atom is -0.445 e. The Balaban J connectivity index is 1.05. The lowest BCUT2D eigenvalue weighted by Gasteiger charge is -2.19. The van der Waals surface area contributed by atoms with E-state index in [-0.39, 0.29) is 19.8 Å². The van der Waals surface area contributed by atoms with Crippen LogP contribution in [0.2, 0.25) is 0 Å². The van der Waals surface area contributed by atoms with Gasteiger partial charge in [0.1, 0.15) is 55.2 Å². The Bertz CT molecular complexity index is 2360. The standard InChI is InChI=1S/C51H51N6O12P/c1-34(52-49(61)64-31-37-13-7-4-8-14-37)46(58)55-40-19-25-43(26-20-40)67-70(68-44-27-21-41(22-28-44)56-47(59)35(2)53-50(62)65-32-38-15-9-5-10-16-38)69-45-29-23-42(24-30-45)57-48(60)36(3)54-51(63)66-33-39-17-11-6-12-18-39/h4-30,34-36H,31-33H2,1-3H3,(H,52,61)(H,53,62)(H,54,63)(H,55,58)(H,56,59)(H,57,60)/t34-,35-,36-/m0/s1. The number of anilines is 3. The van der Waals surface area contributed by atoms with Crippen molar-refractivity contribution < 1.29 is 56.5 Å². The second-order valence-corrected chi connectivity index (χ2v) is 16.3. The quantitative estimate of drug-likeness (QED) is 0.0293. The molecular formula is C51H51N6O12P. The first-order chi connectivity index (χ1) is 33.8. The van der Waals surface area contributed by atoms with Gasteiger partial charge in [0.25, 0.3) is 0 Å². The molecule has 0 aliphatic heterocycles. The molecule has 0 unspecified atom stereocenters. The van der Waals surface area contributed by atoms with Crippen molar-refractivity contribution in [2.75, 3.05) is 16.0 Å². The Morgan fingerprint density at radius 3 is 0.857 bits per heavy atom. The van der Waals surface area contributed by atoms with Crippen LogP contribution in [0.1, 0.15) is 37.5 Å². The Morgan fingerprint density at radius 2 is 0.614 bits per heavy atom. The molecule has 0 bridgehead atoms. The summed E-state index contributed by atoms with van der Waals surface area (Å²) in [6.45, 7) is 4.72. The fourth-order valence-electron chi connectivity index (χ4n) is 5.88. The Labute approximate surface area is 405 Å². The lowest BCUT2D eigenvalue weighted by Crippen LogP contribution is -2.41. The first-order valence-electron chi connectivity index (χ1n) is 21.8. The fourth-order valence-corrected chi connectivity index (χ4v) is 6.88. The van der Waals surface area contributed by atoms with Gasteiger partial charge in [-0.25, -0.2) is 14.4 Å². The van der Waals surface area contributed by atoms with Gasteiger partial charge >= 0.3 is 26.9 Å². The normalized spacial score (nSPS) is 11.8. The molecule has 0 fully saturated rings. The van der Waals surface area contributed by atoms with Crippen molar-refractivity contribution in [3.05, 3.63) is 180 Å². The van der Waals surface area contributed by atoms with Gasteiger partial charge in [-0.2, -0.15) is 0 Å². The van der Waals surface area contributed by atoms with E-state index in [1.165, 1.54) is 20.8 Å². The zero-order valence-corrected chi connectivity index (χ0v) is 39.2. The van der Waals surface area contributed by atoms with Crippen LogP contribution in [-0.2, 0) is 48.4 Å². The van der Waals surface area contributed by atoms with Gasteiger partial charge in [0, 0.05) is 17.1 Å². The summed E-state index contributed by atoms with van der Waals surface area (Å²) in [4.78, 5) is 75.7. The zero-order valence-electron chi connectivity index (χ0n) is 38.3. The lowest BCUT2D eigenvalue weighted by molar-refractivity contribution is -0.118. The van der Waals surface area contributed by atoms with Gasteiger partial charge in [0.2, 0.25) is 17.7 Å². The lowest BCUT2D eigenvalue weighted by atomic mass is 10.2. The van der Waals surface area contributed by atoms with Crippen LogP contribution >= 0.6 is 8.60 Å². The number of carbonyl (C=O) groups excluding carboxylic acids is 6. The van der Waals surface area contributed by atoms with Crippen LogP contribution in [0.5, 0.6) is 17.2 Å². The van der Waals surface area contributed by atoms with E-state index < -0.39 is 62.7 Å². The van der Waals surface area contributed by atoms with Crippen LogP contribution in [-0.4, -0.2) is 54.1 Å². The molecule has 0 saturated heterocycles. The predicted molar refractivity (Wildman–Crippen MR) is 262 cm³/mol. The molecule has 0 saturated carbocycles. The minimum atomic E-state index is -2.24. The highest BCUT2D eigenvalue weighted by Crippen LogP contribution is 2.43. The summed E-state index contributed by atoms with van der Waals surface area (Å²) in [6.07, 6.45) is -2.24. The van der Waals surface area contributed by atoms with Crippen LogP contribution in [0.25, 0.3) is 0 Å². The van der Waals surface area contributed by atoms with Gasteiger partial charge in [0.15, 0.2) is 0 Å². The number of ether oxygens (including phenoxy) is 3. The average Bonchev–Trinajstić information content (AvgIpc) is 3.37. The number of hydrogen-bond donors (Lipinski definition) is 6. The van der Waals surface area contributed by atoms with Gasteiger partial charge in [-0.3, -0.25) is 14.4 Å². The van der Waals surface area contributed by atoms with Crippen molar-refractivity contribution in [3.63, 3.8) is 0 Å². The van der Waals surface area contributed by atoms with E-state index in [1.807, 2.05) is 91.0 Å². The van der Waals surface area contributed by atoms with E-state index in [2.05, 4.69) is 31.9 Å². The van der Waals surface area contributed by atoms with Crippen LogP contribution in [0.15, 0.2) is 164 Å². The van der Waals surface area contributed by atoms with Crippen LogP contribution in [0.4, 0.5) is 31.4 Å². The van der Waals surface area contributed by atoms with Crippen molar-refractivity contribution in [3.8, 4) is 17.2 Å². The molecular weight excluding hydrogens is 920 g/mol. The van der Waals surface area contributed by atoms with E-state index in [1.54, 1.807) is 72.8 Å². The van der Waals surface area contributed by atoms with E-state index in [9.17, 15) is 28.8 Å². The second-order valence-electron chi connectivity index (χ2n) is 15.3. The molecule has 0 aliphatic carbocycles. The Hall–Kier alpha value is -8.63. The number of carbonyl (C=O) groups is 6. The molecule has 3 atom stereocenters. The number of rotatable bonds is 21. The van der Waals surface area contributed by atoms with Crippen molar-refractivity contribution in [2.45, 2.75) is 58.7 Å². The molecule has 6 aromatic rings. The molecule has 0 aromatic heterocycles. The molecule has 6 rings (SSSR count). The molecule has 362 valence electrons. The molecule has 18 nitrogen and oxygen atoms in total. The molecule has 0 heterocycles. The Kier molecular flexibility index (Phi) is 18.9. The number of alkyl carbamates (subject to hydrolysis) is 3. The highest BCUT2D eigenvalue weighted by Gasteiger charge is 2.23. The number of benzene rings is 6. The van der Waals surface area contributed by atoms with Crippen molar-refractivity contribution in [1.29, 1.82) is 0 Å². The maximum Gasteiger partial charge on any atom is 0.530 e. The summed E-state index contributed by atoms with van der Waals surface area (Å²) < 4.78 is 34.1. The third-order valence-electron chi connectivity index (χ3n) is 9.73. The number of amides is 6. The average molecular weight is 971 g/mol. The maximum absolute atomic E-state index is 12.9. The first kappa shape index (κ1) is 50.8. The molecule has 19 heteroatoms. The summed E-state index contributed by atoms with van der Waals surface area (Å²) in [5, 5.41) is 15.7. The summed E-state index contributed by atoms with van der Waals surface area (Å²) in [5.74, 6) is -0.548. The molecule has 70 heavy (non-hydrogen) atoms. The van der Waals surface area contributed by atoms with Crippen LogP contribution < -0.4 is 45.5 Å². The summed E-state index contributed by atoms with van der Waals surface area (Å²) in [6, 6.07) is 43.7. The van der Waals surface area contributed by atoms with Gasteiger partial charge in [0.05, 0.1) is 0 Å². The van der Waals surface area contributed by atoms with Gasteiger partial charge in [-0.15, -0.1) is 0 Å². The van der Waals surface area contributed by atoms with Gasteiger partial charge in [-0.05, 0) is 110 Å². The third-order valence-corrected chi connectivity index (χ3v) is 10.8. The largest absolute Gasteiger partial charge is 0.530 e. The highest BCUT2D eigenvalue weighted by atomic mass is 31.2. The summed E-state index contributed by atoms with van der Waals surface area (Å²) in [5.41, 5.74) is 3.63. The topological polar surface area (TPSA) is 230 Å². The van der Waals surface area contributed by atoms with Gasteiger partial charge < -0.3 is 59.7 Å². The maximum atomic E-state index is 12.9. The molecule has 6 amide bonds. The third kappa shape index (κ3) is 17.2. The van der Waals surface area contributed by atoms with Crippen molar-refractivity contribution >= 4 is 61.7 Å². The van der Waals surface area contributed by atoms with E-state index in [4.69, 9.17) is 27.8 Å². The molecule has 0 aliphatic rings. The predicted octanol–water partition coefficient (Wildman–Crippen LogP) is 9.21. The van der Waals surface area contributed by atoms with Crippen molar-refractivity contribution in [1.82, 2.24) is 16.0 Å². The number of nitrogens with one attached hydrogen (secondary N) is 6. The molecule has 0 spiro atoms. The smallest absolute Gasteiger partial charge is 0.445 e. The summed E-state index contributed by atoms with van der Waals surface area (Å²) in [7, 11) is -2.24. The zero-order chi connectivity index (χ0) is 49.7. The second kappa shape index (κ2) is 26.1. The van der Waals surface area contributed by atoms with Gasteiger partial charge in [-0.1, -0.05) is 91.0 Å². The molecule has 0 radical (unpaired) electrons. The highest BCUT2D eigenvalue weighted by molar-refractivity contribution is 7.43. The summed E-state index contributed by atoms with van der Waals surface area (Å²) >= 11 is 0. The monoisotopic (exact) mass is 970 g/mol. The van der Waals surface area contributed by atoms with Crippen LogP contribution in [0, 0.1) is 0 Å². The molecule has 6 N–H and O–H groups in total. The fraction of sp³-hybridized carbons (Fsp3) is 0.176. The Morgan fingerprint density at radius 1 is 0.371 bits per heavy atom. The van der Waals surface area contributed by atoms with E-state index in [0.29, 0.717) is 34.3 Å². The van der Waals surface area contributed by atoms with E-state index >= 15 is 0 Å². The molecule has 6 aromatic carbocycles. The van der Waals surface area contributed by atoms with E-state index in [0.717, 1.165) is 16.7 Å². The van der Waals surface area contributed by atoms with Crippen LogP contribution in [0.3, 0.4) is 0 Å². The number of hydrogen-bond acceptors (Lipinski definition) is 12. The first-order valence-corrected chi connectivity index (χ1v) is 22.9. The van der Waals surface area contributed by atoms with Crippen molar-refractivity contribution in [2.24, 2.45) is 0 Å². The SMILES string of the molecule is C[C@H](NC(=O)OCc1ccccc1)C(=O)Nc1ccc(OP(Oc2ccc(NC(=O)[C@H](C)NC(=O)OCc3ccccc3)cc2)Oc2ccc(NC(=O)[C@H](C)NC(=O)OCc3ccccc3)cc2)cc1. The minimum absolute atomic E-state index is 0.0497.